The van der Waals surface area contributed by atoms with Gasteiger partial charge in [0.2, 0.25) is 0 Å². The second-order valence-electron chi connectivity index (χ2n) is 6.39. The van der Waals surface area contributed by atoms with Gasteiger partial charge in [-0.3, -0.25) is 0 Å². The zero-order valence-electron chi connectivity index (χ0n) is 14.3. The van der Waals surface area contributed by atoms with Crippen molar-refractivity contribution < 1.29 is 19.0 Å². The van der Waals surface area contributed by atoms with Gasteiger partial charge < -0.3 is 20.1 Å². The zero-order chi connectivity index (χ0) is 17.5. The highest BCUT2D eigenvalue weighted by Gasteiger charge is 2.26. The summed E-state index contributed by atoms with van der Waals surface area (Å²) in [4.78, 5) is 13.7. The SMILES string of the molecule is CC(C)(C)OC(=O)N1CCC(Nc2ccc(F)cc2)CC1.CO. The molecule has 6 heteroatoms. The first-order valence-corrected chi connectivity index (χ1v) is 7.78. The molecule has 0 aliphatic carbocycles. The van der Waals surface area contributed by atoms with Crippen molar-refractivity contribution in [2.45, 2.75) is 45.3 Å². The summed E-state index contributed by atoms with van der Waals surface area (Å²) >= 11 is 0. The summed E-state index contributed by atoms with van der Waals surface area (Å²) in [7, 11) is 1.00. The van der Waals surface area contributed by atoms with Gasteiger partial charge in [0.25, 0.3) is 0 Å². The van der Waals surface area contributed by atoms with Crippen LogP contribution in [0.5, 0.6) is 0 Å². The molecule has 1 saturated heterocycles. The normalized spacial score (nSPS) is 15.5. The average Bonchev–Trinajstić information content (AvgIpc) is 2.51. The van der Waals surface area contributed by atoms with E-state index in [1.807, 2.05) is 20.8 Å². The number of amides is 1. The van der Waals surface area contributed by atoms with E-state index in [0.717, 1.165) is 25.6 Å². The summed E-state index contributed by atoms with van der Waals surface area (Å²) < 4.78 is 18.2. The van der Waals surface area contributed by atoms with E-state index >= 15 is 0 Å². The summed E-state index contributed by atoms with van der Waals surface area (Å²) in [5.74, 6) is -0.236. The number of hydrogen-bond donors (Lipinski definition) is 2. The van der Waals surface area contributed by atoms with Crippen LogP contribution in [0.2, 0.25) is 0 Å². The minimum atomic E-state index is -0.458. The number of nitrogens with one attached hydrogen (secondary N) is 1. The fourth-order valence-electron chi connectivity index (χ4n) is 2.31. The van der Waals surface area contributed by atoms with Crippen molar-refractivity contribution in [1.29, 1.82) is 0 Å². The first-order valence-electron chi connectivity index (χ1n) is 7.78. The molecule has 2 rings (SSSR count). The highest BCUT2D eigenvalue weighted by molar-refractivity contribution is 5.68. The number of ether oxygens (including phenoxy) is 1. The number of aliphatic hydroxyl groups is 1. The lowest BCUT2D eigenvalue weighted by Crippen LogP contribution is -2.44. The van der Waals surface area contributed by atoms with E-state index in [1.165, 1.54) is 12.1 Å². The topological polar surface area (TPSA) is 61.8 Å². The van der Waals surface area contributed by atoms with E-state index in [9.17, 15) is 9.18 Å². The molecule has 2 N–H and O–H groups in total. The predicted molar refractivity (Wildman–Crippen MR) is 89.0 cm³/mol. The van der Waals surface area contributed by atoms with Crippen LogP contribution < -0.4 is 5.32 Å². The Kier molecular flexibility index (Phi) is 7.29. The van der Waals surface area contributed by atoms with Crippen molar-refractivity contribution in [3.8, 4) is 0 Å². The van der Waals surface area contributed by atoms with Crippen molar-refractivity contribution in [1.82, 2.24) is 4.90 Å². The van der Waals surface area contributed by atoms with Gasteiger partial charge in [-0.1, -0.05) is 0 Å². The lowest BCUT2D eigenvalue weighted by molar-refractivity contribution is 0.0210. The Bertz CT molecular complexity index is 478. The Morgan fingerprint density at radius 1 is 1.22 bits per heavy atom. The molecular formula is C17H27FN2O3. The maximum Gasteiger partial charge on any atom is 0.410 e. The van der Waals surface area contributed by atoms with Gasteiger partial charge in [-0.15, -0.1) is 0 Å². The van der Waals surface area contributed by atoms with Gasteiger partial charge in [0.1, 0.15) is 11.4 Å². The van der Waals surface area contributed by atoms with E-state index in [-0.39, 0.29) is 11.9 Å². The van der Waals surface area contributed by atoms with Gasteiger partial charge >= 0.3 is 6.09 Å². The smallest absolute Gasteiger partial charge is 0.410 e. The number of likely N-dealkylation sites (tertiary alicyclic amines) is 1. The monoisotopic (exact) mass is 326 g/mol. The van der Waals surface area contributed by atoms with Gasteiger partial charge in [-0.25, -0.2) is 9.18 Å². The Morgan fingerprint density at radius 2 is 1.74 bits per heavy atom. The van der Waals surface area contributed by atoms with Crippen LogP contribution in [-0.4, -0.2) is 47.9 Å². The molecule has 0 bridgehead atoms. The lowest BCUT2D eigenvalue weighted by Gasteiger charge is -2.34. The molecule has 1 fully saturated rings. The number of carbonyl (C=O) groups is 1. The van der Waals surface area contributed by atoms with Gasteiger partial charge in [0, 0.05) is 31.9 Å². The largest absolute Gasteiger partial charge is 0.444 e. The molecule has 1 heterocycles. The number of carbonyl (C=O) groups excluding carboxylic acids is 1. The maximum atomic E-state index is 12.9. The second kappa shape index (κ2) is 8.72. The van der Waals surface area contributed by atoms with E-state index < -0.39 is 5.60 Å². The molecular weight excluding hydrogens is 299 g/mol. The summed E-state index contributed by atoms with van der Waals surface area (Å²) in [5, 5.41) is 10.4. The predicted octanol–water partition coefficient (Wildman–Crippen LogP) is 3.25. The molecule has 0 spiro atoms. The number of rotatable bonds is 2. The van der Waals surface area contributed by atoms with E-state index in [2.05, 4.69) is 5.32 Å². The van der Waals surface area contributed by atoms with Crippen LogP contribution in [0.25, 0.3) is 0 Å². The number of halogens is 1. The minimum Gasteiger partial charge on any atom is -0.444 e. The van der Waals surface area contributed by atoms with Crippen molar-refractivity contribution in [3.63, 3.8) is 0 Å². The first-order chi connectivity index (χ1) is 10.8. The van der Waals surface area contributed by atoms with Crippen LogP contribution in [0.4, 0.5) is 14.9 Å². The van der Waals surface area contributed by atoms with Crippen molar-refractivity contribution in [3.05, 3.63) is 30.1 Å². The van der Waals surface area contributed by atoms with Crippen LogP contribution in [-0.2, 0) is 4.74 Å². The number of piperidine rings is 1. The third-order valence-corrected chi connectivity index (χ3v) is 3.36. The van der Waals surface area contributed by atoms with Crippen LogP contribution in [0, 0.1) is 5.82 Å². The fraction of sp³-hybridized carbons (Fsp3) is 0.588. The van der Waals surface area contributed by atoms with Crippen LogP contribution in [0.15, 0.2) is 24.3 Å². The third-order valence-electron chi connectivity index (χ3n) is 3.36. The molecule has 0 atom stereocenters. The number of anilines is 1. The van der Waals surface area contributed by atoms with Crippen molar-refractivity contribution in [2.24, 2.45) is 0 Å². The minimum absolute atomic E-state index is 0.236. The molecule has 130 valence electrons. The van der Waals surface area contributed by atoms with Gasteiger partial charge in [0.05, 0.1) is 0 Å². The molecule has 0 unspecified atom stereocenters. The van der Waals surface area contributed by atoms with E-state index in [0.29, 0.717) is 19.1 Å². The lowest BCUT2D eigenvalue weighted by atomic mass is 10.0. The van der Waals surface area contributed by atoms with E-state index in [1.54, 1.807) is 17.0 Å². The van der Waals surface area contributed by atoms with Crippen LogP contribution in [0.3, 0.4) is 0 Å². The first kappa shape index (κ1) is 19.2. The molecule has 1 aromatic carbocycles. The Hall–Kier alpha value is -1.82. The molecule has 0 saturated carbocycles. The van der Waals surface area contributed by atoms with Crippen molar-refractivity contribution in [2.75, 3.05) is 25.5 Å². The molecule has 0 aromatic heterocycles. The summed E-state index contributed by atoms with van der Waals surface area (Å²) in [6.45, 7) is 6.96. The highest BCUT2D eigenvalue weighted by atomic mass is 19.1. The molecule has 23 heavy (non-hydrogen) atoms. The number of benzene rings is 1. The highest BCUT2D eigenvalue weighted by Crippen LogP contribution is 2.19. The Labute approximate surface area is 137 Å². The molecule has 1 aromatic rings. The second-order valence-corrected chi connectivity index (χ2v) is 6.39. The standard InChI is InChI=1S/C16H23FN2O2.CH4O/c1-16(2,3)21-15(20)19-10-8-14(9-11-19)18-13-6-4-12(17)5-7-13;1-2/h4-7,14,18H,8-11H2,1-3H3;2H,1H3. The Morgan fingerprint density at radius 3 is 2.22 bits per heavy atom. The molecule has 1 aliphatic rings. The molecule has 0 radical (unpaired) electrons. The zero-order valence-corrected chi connectivity index (χ0v) is 14.3. The van der Waals surface area contributed by atoms with Gasteiger partial charge in [0.15, 0.2) is 0 Å². The third kappa shape index (κ3) is 6.86. The van der Waals surface area contributed by atoms with Crippen molar-refractivity contribution >= 4 is 11.8 Å². The number of nitrogens with zero attached hydrogens (tertiary/aromatic N) is 1. The van der Waals surface area contributed by atoms with E-state index in [4.69, 9.17) is 9.84 Å². The number of aliphatic hydroxyl groups excluding tert-OH is 1. The quantitative estimate of drug-likeness (QED) is 0.876. The average molecular weight is 326 g/mol. The molecule has 5 nitrogen and oxygen atoms in total. The molecule has 1 amide bonds. The summed E-state index contributed by atoms with van der Waals surface area (Å²) in [6, 6.07) is 6.65. The van der Waals surface area contributed by atoms with Gasteiger partial charge in [-0.2, -0.15) is 0 Å². The fourth-order valence-corrected chi connectivity index (χ4v) is 2.31. The van der Waals surface area contributed by atoms with Crippen LogP contribution in [0.1, 0.15) is 33.6 Å². The summed E-state index contributed by atoms with van der Waals surface area (Å²) in [5.41, 5.74) is 0.451. The Balaban J connectivity index is 0.00000127. The molecule has 1 aliphatic heterocycles. The maximum absolute atomic E-state index is 12.9. The number of hydrogen-bond acceptors (Lipinski definition) is 4. The van der Waals surface area contributed by atoms with Gasteiger partial charge in [-0.05, 0) is 57.9 Å². The summed E-state index contributed by atoms with van der Waals surface area (Å²) in [6.07, 6.45) is 1.47. The van der Waals surface area contributed by atoms with Crippen LogP contribution >= 0.6 is 0 Å².